The molecule has 0 aliphatic heterocycles. The molecule has 104 valence electrons. The highest BCUT2D eigenvalue weighted by molar-refractivity contribution is 6.19. The smallest absolute Gasteiger partial charge is 0.344 e. The molecule has 3 aromatic carbocycles. The van der Waals surface area contributed by atoms with Crippen molar-refractivity contribution in [1.82, 2.24) is 4.98 Å². The summed E-state index contributed by atoms with van der Waals surface area (Å²) in [5, 5.41) is 4.70. The van der Waals surface area contributed by atoms with Gasteiger partial charge in [-0.25, -0.2) is 4.79 Å². The molecule has 3 nitrogen and oxygen atoms in total. The van der Waals surface area contributed by atoms with E-state index in [2.05, 4.69) is 17.1 Å². The van der Waals surface area contributed by atoms with Crippen molar-refractivity contribution >= 4 is 43.5 Å². The van der Waals surface area contributed by atoms with Crippen molar-refractivity contribution in [2.75, 3.05) is 0 Å². The van der Waals surface area contributed by atoms with E-state index in [0.717, 1.165) is 32.6 Å². The molecule has 0 saturated carbocycles. The predicted molar refractivity (Wildman–Crippen MR) is 89.4 cm³/mol. The number of fused-ring (bicyclic) bond motifs is 7. The zero-order valence-corrected chi connectivity index (χ0v) is 11.6. The number of aromatic nitrogens is 1. The number of H-pyrrole nitrogens is 1. The van der Waals surface area contributed by atoms with Crippen LogP contribution >= 0.6 is 0 Å². The number of benzene rings is 3. The molecule has 5 rings (SSSR count). The first kappa shape index (κ1) is 11.6. The van der Waals surface area contributed by atoms with E-state index in [-0.39, 0.29) is 5.63 Å². The average Bonchev–Trinajstić information content (AvgIpc) is 2.94. The van der Waals surface area contributed by atoms with Gasteiger partial charge in [-0.15, -0.1) is 0 Å². The molecule has 0 atom stereocenters. The third kappa shape index (κ3) is 1.37. The van der Waals surface area contributed by atoms with E-state index >= 15 is 0 Å². The molecule has 0 bridgehead atoms. The molecule has 0 saturated heterocycles. The SMILES string of the molecule is O=c1oc2c(ccc3c4ccccc4[nH]c32)c2ccccc12. The van der Waals surface area contributed by atoms with Gasteiger partial charge in [0.25, 0.3) is 0 Å². The van der Waals surface area contributed by atoms with Crippen molar-refractivity contribution in [2.24, 2.45) is 0 Å². The van der Waals surface area contributed by atoms with E-state index < -0.39 is 0 Å². The molecule has 0 spiro atoms. The first-order valence-corrected chi connectivity index (χ1v) is 7.18. The van der Waals surface area contributed by atoms with Gasteiger partial charge >= 0.3 is 5.63 Å². The lowest BCUT2D eigenvalue weighted by Gasteiger charge is -2.03. The van der Waals surface area contributed by atoms with Crippen molar-refractivity contribution in [2.45, 2.75) is 0 Å². The van der Waals surface area contributed by atoms with Crippen molar-refractivity contribution in [3.8, 4) is 0 Å². The summed E-state index contributed by atoms with van der Waals surface area (Å²) >= 11 is 0. The van der Waals surface area contributed by atoms with Crippen molar-refractivity contribution < 1.29 is 4.42 Å². The Morgan fingerprint density at radius 3 is 2.23 bits per heavy atom. The lowest BCUT2D eigenvalue weighted by Crippen LogP contribution is -1.99. The van der Waals surface area contributed by atoms with Crippen LogP contribution in [0, 0.1) is 0 Å². The molecule has 3 heteroatoms. The molecule has 0 amide bonds. The molecule has 2 aromatic heterocycles. The van der Waals surface area contributed by atoms with E-state index in [9.17, 15) is 4.79 Å². The normalized spacial score (nSPS) is 11.8. The fourth-order valence-corrected chi connectivity index (χ4v) is 3.25. The van der Waals surface area contributed by atoms with E-state index in [1.165, 1.54) is 0 Å². The standard InChI is InChI=1S/C19H11NO2/c21-19-15-7-2-1-5-11(15)14-10-9-13-12-6-3-4-8-16(12)20-17(13)18(14)22-19/h1-10,20H. The van der Waals surface area contributed by atoms with Gasteiger partial charge in [-0.2, -0.15) is 0 Å². The van der Waals surface area contributed by atoms with Crippen LogP contribution in [0.4, 0.5) is 0 Å². The van der Waals surface area contributed by atoms with Crippen LogP contribution in [-0.4, -0.2) is 4.98 Å². The third-order valence-electron chi connectivity index (χ3n) is 4.27. The molecular formula is C19H11NO2. The van der Waals surface area contributed by atoms with E-state index in [1.807, 2.05) is 42.5 Å². The molecule has 22 heavy (non-hydrogen) atoms. The minimum absolute atomic E-state index is 0.297. The highest BCUT2D eigenvalue weighted by atomic mass is 16.4. The number of hydrogen-bond acceptors (Lipinski definition) is 2. The maximum atomic E-state index is 12.3. The van der Waals surface area contributed by atoms with Gasteiger partial charge in [0.2, 0.25) is 0 Å². The molecule has 0 radical (unpaired) electrons. The van der Waals surface area contributed by atoms with Gasteiger partial charge in [0, 0.05) is 21.7 Å². The minimum Gasteiger partial charge on any atom is -0.420 e. The topological polar surface area (TPSA) is 46.0 Å². The highest BCUT2D eigenvalue weighted by Crippen LogP contribution is 2.33. The monoisotopic (exact) mass is 285 g/mol. The van der Waals surface area contributed by atoms with Crippen molar-refractivity contribution in [1.29, 1.82) is 0 Å². The van der Waals surface area contributed by atoms with Gasteiger partial charge < -0.3 is 9.40 Å². The number of rotatable bonds is 0. The molecular weight excluding hydrogens is 274 g/mol. The lowest BCUT2D eigenvalue weighted by atomic mass is 10.1. The number of nitrogens with one attached hydrogen (secondary N) is 1. The van der Waals surface area contributed by atoms with Crippen molar-refractivity contribution in [3.63, 3.8) is 0 Å². The van der Waals surface area contributed by atoms with Crippen LogP contribution in [0.3, 0.4) is 0 Å². The van der Waals surface area contributed by atoms with Crippen LogP contribution < -0.4 is 5.63 Å². The van der Waals surface area contributed by atoms with Gasteiger partial charge in [-0.05, 0) is 23.6 Å². The molecule has 5 aromatic rings. The Balaban J connectivity index is 2.11. The highest BCUT2D eigenvalue weighted by Gasteiger charge is 2.12. The predicted octanol–water partition coefficient (Wildman–Crippen LogP) is 4.58. The third-order valence-corrected chi connectivity index (χ3v) is 4.27. The maximum absolute atomic E-state index is 12.3. The summed E-state index contributed by atoms with van der Waals surface area (Å²) < 4.78 is 5.63. The van der Waals surface area contributed by atoms with E-state index in [4.69, 9.17) is 4.42 Å². The Hall–Kier alpha value is -3.07. The Morgan fingerprint density at radius 2 is 1.36 bits per heavy atom. The summed E-state index contributed by atoms with van der Waals surface area (Å²) in [6.07, 6.45) is 0. The summed E-state index contributed by atoms with van der Waals surface area (Å²) in [5.74, 6) is 0. The first-order valence-electron chi connectivity index (χ1n) is 7.18. The minimum atomic E-state index is -0.297. The van der Waals surface area contributed by atoms with Gasteiger partial charge in [0.1, 0.15) is 0 Å². The lowest BCUT2D eigenvalue weighted by molar-refractivity contribution is 0.572. The quantitative estimate of drug-likeness (QED) is 0.334. The summed E-state index contributed by atoms with van der Waals surface area (Å²) in [4.78, 5) is 15.7. The largest absolute Gasteiger partial charge is 0.420 e. The van der Waals surface area contributed by atoms with Crippen molar-refractivity contribution in [3.05, 3.63) is 71.1 Å². The molecule has 0 unspecified atom stereocenters. The average molecular weight is 285 g/mol. The van der Waals surface area contributed by atoms with Gasteiger partial charge in [0.15, 0.2) is 5.58 Å². The Bertz CT molecular complexity index is 1240. The zero-order chi connectivity index (χ0) is 14.7. The van der Waals surface area contributed by atoms with Crippen LogP contribution in [0.25, 0.3) is 43.5 Å². The number of aromatic amines is 1. The summed E-state index contributed by atoms with van der Waals surface area (Å²) in [5.41, 5.74) is 2.24. The maximum Gasteiger partial charge on any atom is 0.344 e. The van der Waals surface area contributed by atoms with Crippen LogP contribution in [0.5, 0.6) is 0 Å². The second-order valence-corrected chi connectivity index (χ2v) is 5.47. The Morgan fingerprint density at radius 1 is 0.682 bits per heavy atom. The second-order valence-electron chi connectivity index (χ2n) is 5.47. The van der Waals surface area contributed by atoms with E-state index in [1.54, 1.807) is 6.07 Å². The summed E-state index contributed by atoms with van der Waals surface area (Å²) in [7, 11) is 0. The van der Waals surface area contributed by atoms with Crippen LogP contribution in [0.15, 0.2) is 69.9 Å². The fraction of sp³-hybridized carbons (Fsp3) is 0. The molecule has 0 aliphatic rings. The fourth-order valence-electron chi connectivity index (χ4n) is 3.25. The molecule has 2 heterocycles. The summed E-state index contributed by atoms with van der Waals surface area (Å²) in [6.45, 7) is 0. The Labute approximate surface area is 124 Å². The summed E-state index contributed by atoms with van der Waals surface area (Å²) in [6, 6.07) is 19.8. The Kier molecular flexibility index (Phi) is 2.09. The van der Waals surface area contributed by atoms with Gasteiger partial charge in [-0.1, -0.05) is 42.5 Å². The van der Waals surface area contributed by atoms with E-state index in [0.29, 0.717) is 11.0 Å². The second kappa shape index (κ2) is 3.98. The number of hydrogen-bond donors (Lipinski definition) is 1. The van der Waals surface area contributed by atoms with Gasteiger partial charge in [0.05, 0.1) is 10.9 Å². The number of para-hydroxylation sites is 1. The van der Waals surface area contributed by atoms with Crippen LogP contribution in [0.2, 0.25) is 0 Å². The zero-order valence-electron chi connectivity index (χ0n) is 11.6. The molecule has 0 fully saturated rings. The van der Waals surface area contributed by atoms with Crippen LogP contribution in [-0.2, 0) is 0 Å². The van der Waals surface area contributed by atoms with Gasteiger partial charge in [-0.3, -0.25) is 0 Å². The molecule has 0 aliphatic carbocycles. The molecule has 1 N–H and O–H groups in total. The van der Waals surface area contributed by atoms with Crippen LogP contribution in [0.1, 0.15) is 0 Å². The first-order chi connectivity index (χ1) is 10.8.